The normalized spacial score (nSPS) is 11.2. The number of carbonyl (C=O) groups is 2. The van der Waals surface area contributed by atoms with Crippen LogP contribution in [0.5, 0.6) is 0 Å². The zero-order chi connectivity index (χ0) is 29.1. The number of nitrogens with zero attached hydrogens (tertiary/aromatic N) is 6. The molecule has 0 saturated heterocycles. The van der Waals surface area contributed by atoms with Gasteiger partial charge in [0.15, 0.2) is 0 Å². The van der Waals surface area contributed by atoms with Gasteiger partial charge < -0.3 is 5.32 Å². The smallest absolute Gasteiger partial charge is 0.282 e. The van der Waals surface area contributed by atoms with Gasteiger partial charge in [-0.1, -0.05) is 63.1 Å². The van der Waals surface area contributed by atoms with E-state index in [1.807, 2.05) is 76.1 Å². The lowest BCUT2D eigenvalue weighted by Gasteiger charge is -2.10. The standard InChI is InChI=1S/C33H31N7O2/c1-3-11-30-27(21-35-38(30)25-13-7-5-8-14-25)32(41)37-24-17-18-29-23(19-24)20-34-40(29)33(42)28-22-36-39(31(28)12-4-2)26-15-9-6-10-16-26/h5-10,13-22H,3-4,11-12H2,1-2H3,(H,37,41). The third kappa shape index (κ3) is 5.01. The van der Waals surface area contributed by atoms with Crippen molar-refractivity contribution in [1.82, 2.24) is 29.3 Å². The Kier molecular flexibility index (Phi) is 7.47. The molecule has 0 atom stereocenters. The van der Waals surface area contributed by atoms with E-state index in [1.165, 1.54) is 4.68 Å². The van der Waals surface area contributed by atoms with Gasteiger partial charge in [-0.2, -0.15) is 20.0 Å². The molecule has 0 spiro atoms. The average Bonchev–Trinajstić information content (AvgIpc) is 3.75. The minimum atomic E-state index is -0.245. The van der Waals surface area contributed by atoms with Crippen molar-refractivity contribution in [2.45, 2.75) is 39.5 Å². The summed E-state index contributed by atoms with van der Waals surface area (Å²) in [5.41, 5.74) is 5.83. The first-order chi connectivity index (χ1) is 20.6. The highest BCUT2D eigenvalue weighted by atomic mass is 16.2. The van der Waals surface area contributed by atoms with Crippen LogP contribution in [-0.2, 0) is 12.8 Å². The van der Waals surface area contributed by atoms with Crippen LogP contribution in [0.4, 0.5) is 5.69 Å². The molecule has 0 fully saturated rings. The number of amides is 1. The van der Waals surface area contributed by atoms with E-state index in [2.05, 4.69) is 34.5 Å². The van der Waals surface area contributed by atoms with Crippen molar-refractivity contribution in [2.24, 2.45) is 0 Å². The van der Waals surface area contributed by atoms with Crippen molar-refractivity contribution in [3.63, 3.8) is 0 Å². The molecule has 3 aromatic heterocycles. The minimum absolute atomic E-state index is 0.235. The van der Waals surface area contributed by atoms with Gasteiger partial charge >= 0.3 is 0 Å². The van der Waals surface area contributed by atoms with Gasteiger partial charge in [0, 0.05) is 11.1 Å². The van der Waals surface area contributed by atoms with Crippen molar-refractivity contribution in [3.05, 3.63) is 120 Å². The maximum Gasteiger partial charge on any atom is 0.282 e. The summed E-state index contributed by atoms with van der Waals surface area (Å²) in [6.45, 7) is 4.16. The molecule has 0 unspecified atom stereocenters. The molecule has 210 valence electrons. The van der Waals surface area contributed by atoms with Crippen LogP contribution >= 0.6 is 0 Å². The quantitative estimate of drug-likeness (QED) is 0.226. The zero-order valence-corrected chi connectivity index (χ0v) is 23.6. The number of rotatable bonds is 9. The van der Waals surface area contributed by atoms with E-state index in [9.17, 15) is 9.59 Å². The summed E-state index contributed by atoms with van der Waals surface area (Å²) in [7, 11) is 0. The van der Waals surface area contributed by atoms with Crippen LogP contribution in [0.3, 0.4) is 0 Å². The first kappa shape index (κ1) is 26.9. The van der Waals surface area contributed by atoms with E-state index in [0.29, 0.717) is 35.2 Å². The second-order valence-corrected chi connectivity index (χ2v) is 10.1. The third-order valence-corrected chi connectivity index (χ3v) is 7.21. The van der Waals surface area contributed by atoms with E-state index < -0.39 is 0 Å². The fourth-order valence-corrected chi connectivity index (χ4v) is 5.24. The van der Waals surface area contributed by atoms with Gasteiger partial charge in [0.25, 0.3) is 11.8 Å². The summed E-state index contributed by atoms with van der Waals surface area (Å²) < 4.78 is 5.04. The van der Waals surface area contributed by atoms with Crippen LogP contribution in [0.1, 0.15) is 58.8 Å². The highest BCUT2D eigenvalue weighted by Crippen LogP contribution is 2.24. The van der Waals surface area contributed by atoms with E-state index in [4.69, 9.17) is 0 Å². The summed E-state index contributed by atoms with van der Waals surface area (Å²) in [6.07, 6.45) is 8.03. The van der Waals surface area contributed by atoms with Gasteiger partial charge in [-0.15, -0.1) is 0 Å². The summed E-state index contributed by atoms with van der Waals surface area (Å²) in [4.78, 5) is 27.1. The van der Waals surface area contributed by atoms with Gasteiger partial charge in [0.05, 0.1) is 58.0 Å². The maximum absolute atomic E-state index is 13.7. The van der Waals surface area contributed by atoms with Crippen molar-refractivity contribution in [2.75, 3.05) is 5.32 Å². The van der Waals surface area contributed by atoms with Crippen molar-refractivity contribution < 1.29 is 9.59 Å². The van der Waals surface area contributed by atoms with Crippen LogP contribution < -0.4 is 5.32 Å². The van der Waals surface area contributed by atoms with Crippen LogP contribution in [0.15, 0.2) is 97.5 Å². The van der Waals surface area contributed by atoms with Gasteiger partial charge in [-0.05, 0) is 55.3 Å². The van der Waals surface area contributed by atoms with E-state index in [1.54, 1.807) is 30.7 Å². The molecular weight excluding hydrogens is 526 g/mol. The Morgan fingerprint density at radius 1 is 0.690 bits per heavy atom. The Morgan fingerprint density at radius 2 is 1.26 bits per heavy atom. The second-order valence-electron chi connectivity index (χ2n) is 10.1. The monoisotopic (exact) mass is 557 g/mol. The molecule has 3 aromatic carbocycles. The van der Waals surface area contributed by atoms with Crippen LogP contribution in [0.25, 0.3) is 22.3 Å². The van der Waals surface area contributed by atoms with Gasteiger partial charge in [0.2, 0.25) is 0 Å². The first-order valence-corrected chi connectivity index (χ1v) is 14.2. The molecule has 0 bridgehead atoms. The predicted molar refractivity (Wildman–Crippen MR) is 163 cm³/mol. The van der Waals surface area contributed by atoms with Gasteiger partial charge in [-0.3, -0.25) is 9.59 Å². The van der Waals surface area contributed by atoms with Crippen molar-refractivity contribution >= 4 is 28.4 Å². The van der Waals surface area contributed by atoms with Crippen LogP contribution in [0, 0.1) is 0 Å². The third-order valence-electron chi connectivity index (χ3n) is 7.21. The number of carbonyl (C=O) groups excluding carboxylic acids is 2. The summed E-state index contributed by atoms with van der Waals surface area (Å²) in [5, 5.41) is 17.2. The molecular formula is C33H31N7O2. The first-order valence-electron chi connectivity index (χ1n) is 14.2. The number of hydrogen-bond acceptors (Lipinski definition) is 5. The lowest BCUT2D eigenvalue weighted by molar-refractivity contribution is 0.0948. The van der Waals surface area contributed by atoms with Gasteiger partial charge in [0.1, 0.15) is 0 Å². The highest BCUT2D eigenvalue weighted by Gasteiger charge is 2.22. The van der Waals surface area contributed by atoms with Crippen LogP contribution in [-0.4, -0.2) is 41.2 Å². The predicted octanol–water partition coefficient (Wildman–Crippen LogP) is 6.25. The zero-order valence-electron chi connectivity index (χ0n) is 23.6. The molecule has 6 aromatic rings. The summed E-state index contributed by atoms with van der Waals surface area (Å²) in [5.74, 6) is -0.481. The van der Waals surface area contributed by atoms with Crippen LogP contribution in [0.2, 0.25) is 0 Å². The number of nitrogens with one attached hydrogen (secondary N) is 1. The molecule has 0 aliphatic heterocycles. The molecule has 42 heavy (non-hydrogen) atoms. The summed E-state index contributed by atoms with van der Waals surface area (Å²) >= 11 is 0. The van der Waals surface area contributed by atoms with Crippen molar-refractivity contribution in [3.8, 4) is 11.4 Å². The van der Waals surface area contributed by atoms with Gasteiger partial charge in [-0.25, -0.2) is 9.36 Å². The molecule has 1 N–H and O–H groups in total. The highest BCUT2D eigenvalue weighted by molar-refractivity contribution is 6.06. The van der Waals surface area contributed by atoms with Crippen molar-refractivity contribution in [1.29, 1.82) is 0 Å². The van der Waals surface area contributed by atoms with E-state index >= 15 is 0 Å². The molecule has 0 aliphatic carbocycles. The number of hydrogen-bond donors (Lipinski definition) is 1. The second kappa shape index (κ2) is 11.7. The average molecular weight is 558 g/mol. The Labute approximate surface area is 243 Å². The lowest BCUT2D eigenvalue weighted by atomic mass is 10.1. The Hall–Kier alpha value is -5.31. The Bertz CT molecular complexity index is 1870. The fourth-order valence-electron chi connectivity index (χ4n) is 5.24. The molecule has 1 amide bonds. The lowest BCUT2D eigenvalue weighted by Crippen LogP contribution is -2.16. The largest absolute Gasteiger partial charge is 0.322 e. The molecule has 0 radical (unpaired) electrons. The SMILES string of the molecule is CCCc1c(C(=O)Nc2ccc3c(cnn3C(=O)c3cnn(-c4ccccc4)c3CCC)c2)cnn1-c1ccccc1. The fraction of sp³-hybridized carbons (Fsp3) is 0.182. The maximum atomic E-state index is 13.7. The molecule has 9 nitrogen and oxygen atoms in total. The molecule has 0 saturated carbocycles. The van der Waals surface area contributed by atoms with E-state index in [0.717, 1.165) is 41.0 Å². The molecule has 3 heterocycles. The number of para-hydroxylation sites is 2. The number of fused-ring (bicyclic) bond motifs is 1. The number of aromatic nitrogens is 6. The Morgan fingerprint density at radius 3 is 1.86 bits per heavy atom. The topological polar surface area (TPSA) is 99.6 Å². The number of anilines is 1. The Balaban J connectivity index is 1.27. The molecule has 6 rings (SSSR count). The molecule has 0 aliphatic rings. The number of benzene rings is 3. The minimum Gasteiger partial charge on any atom is -0.322 e. The molecule has 9 heteroatoms. The summed E-state index contributed by atoms with van der Waals surface area (Å²) in [6, 6.07) is 25.0. The van der Waals surface area contributed by atoms with E-state index in [-0.39, 0.29) is 11.8 Å².